The van der Waals surface area contributed by atoms with Gasteiger partial charge in [-0.15, -0.1) is 0 Å². The summed E-state index contributed by atoms with van der Waals surface area (Å²) in [5, 5.41) is 2.96. The molecule has 2 aromatic heterocycles. The molecule has 1 atom stereocenters. The Morgan fingerprint density at radius 2 is 2.20 bits per heavy atom. The maximum absolute atomic E-state index is 11.8. The Labute approximate surface area is 119 Å². The van der Waals surface area contributed by atoms with Crippen LogP contribution in [-0.2, 0) is 9.53 Å². The number of anilines is 1. The van der Waals surface area contributed by atoms with Crippen LogP contribution in [0.1, 0.15) is 17.5 Å². The second kappa shape index (κ2) is 6.21. The fourth-order valence-electron chi connectivity index (χ4n) is 1.34. The molecule has 0 radical (unpaired) electrons. The number of hydrogen-bond donors (Lipinski definition) is 1. The molecule has 6 nitrogen and oxygen atoms in total. The Bertz CT molecular complexity index is 595. The first-order valence-electron chi connectivity index (χ1n) is 5.73. The van der Waals surface area contributed by atoms with Crippen molar-refractivity contribution in [2.45, 2.75) is 13.0 Å². The Morgan fingerprint density at radius 3 is 2.80 bits per heavy atom. The summed E-state index contributed by atoms with van der Waals surface area (Å²) in [5.74, 6) is -0.851. The highest BCUT2D eigenvalue weighted by atomic mass is 35.5. The highest BCUT2D eigenvalue weighted by molar-refractivity contribution is 6.30. The molecule has 0 aromatic carbocycles. The SMILES string of the molecule is C[C@H](OC(=O)c1ccco1)C(=O)Nc1ccc(Cl)cn1. The largest absolute Gasteiger partial charge is 0.457 e. The standard InChI is InChI=1S/C13H11ClN2O4/c1-8(20-13(18)10-3-2-6-19-10)12(17)16-11-5-4-9(14)7-15-11/h2-8H,1H3,(H,15,16,17)/t8-/m0/s1. The number of amides is 1. The van der Waals surface area contributed by atoms with Gasteiger partial charge < -0.3 is 14.5 Å². The van der Waals surface area contributed by atoms with Crippen LogP contribution in [0.25, 0.3) is 0 Å². The van der Waals surface area contributed by atoms with Gasteiger partial charge in [-0.05, 0) is 31.2 Å². The zero-order valence-electron chi connectivity index (χ0n) is 10.5. The second-order valence-electron chi connectivity index (χ2n) is 3.88. The van der Waals surface area contributed by atoms with Crippen molar-refractivity contribution >= 4 is 29.3 Å². The Kier molecular flexibility index (Phi) is 4.37. The van der Waals surface area contributed by atoms with Crippen molar-refractivity contribution in [3.05, 3.63) is 47.5 Å². The molecule has 0 spiro atoms. The first-order chi connectivity index (χ1) is 9.56. The molecule has 0 bridgehead atoms. The van der Waals surface area contributed by atoms with Gasteiger partial charge >= 0.3 is 5.97 Å². The van der Waals surface area contributed by atoms with Gasteiger partial charge in [0.25, 0.3) is 5.91 Å². The molecule has 2 heterocycles. The number of carbonyl (C=O) groups excluding carboxylic acids is 2. The molecule has 2 rings (SSSR count). The fraction of sp³-hybridized carbons (Fsp3) is 0.154. The van der Waals surface area contributed by atoms with Gasteiger partial charge in [0.05, 0.1) is 11.3 Å². The summed E-state index contributed by atoms with van der Waals surface area (Å²) in [6, 6.07) is 6.14. The van der Waals surface area contributed by atoms with Gasteiger partial charge in [-0.1, -0.05) is 11.6 Å². The van der Waals surface area contributed by atoms with Crippen molar-refractivity contribution in [3.63, 3.8) is 0 Å². The highest BCUT2D eigenvalue weighted by Gasteiger charge is 2.20. The van der Waals surface area contributed by atoms with Crippen molar-refractivity contribution in [2.24, 2.45) is 0 Å². The summed E-state index contributed by atoms with van der Waals surface area (Å²) in [6.07, 6.45) is 1.76. The van der Waals surface area contributed by atoms with Crippen LogP contribution in [0.3, 0.4) is 0 Å². The number of esters is 1. The zero-order valence-corrected chi connectivity index (χ0v) is 11.3. The molecule has 1 N–H and O–H groups in total. The first kappa shape index (κ1) is 14.1. The van der Waals surface area contributed by atoms with E-state index in [1.165, 1.54) is 25.5 Å². The predicted octanol–water partition coefficient (Wildman–Crippen LogP) is 2.51. The minimum atomic E-state index is -0.981. The molecule has 0 saturated heterocycles. The summed E-state index contributed by atoms with van der Waals surface area (Å²) in [6.45, 7) is 1.45. The molecule has 0 unspecified atom stereocenters. The lowest BCUT2D eigenvalue weighted by Crippen LogP contribution is -2.30. The number of halogens is 1. The van der Waals surface area contributed by atoms with Crippen LogP contribution in [0.15, 0.2) is 41.1 Å². The Balaban J connectivity index is 1.92. The number of nitrogens with zero attached hydrogens (tertiary/aromatic N) is 1. The molecular formula is C13H11ClN2O4. The smallest absolute Gasteiger partial charge is 0.374 e. The normalized spacial score (nSPS) is 11.7. The molecule has 104 valence electrons. The maximum Gasteiger partial charge on any atom is 0.374 e. The minimum absolute atomic E-state index is 0.0364. The van der Waals surface area contributed by atoms with Crippen LogP contribution in [0, 0.1) is 0 Å². The van der Waals surface area contributed by atoms with E-state index in [2.05, 4.69) is 10.3 Å². The molecule has 7 heteroatoms. The van der Waals surface area contributed by atoms with Crippen LogP contribution in [0.5, 0.6) is 0 Å². The van der Waals surface area contributed by atoms with Gasteiger partial charge in [-0.3, -0.25) is 4.79 Å². The quantitative estimate of drug-likeness (QED) is 0.876. The molecule has 0 fully saturated rings. The van der Waals surface area contributed by atoms with Crippen LogP contribution in [0.2, 0.25) is 5.02 Å². The summed E-state index contributed by atoms with van der Waals surface area (Å²) in [5.41, 5.74) is 0. The third-order valence-corrected chi connectivity index (χ3v) is 2.58. The van der Waals surface area contributed by atoms with Crippen LogP contribution >= 0.6 is 11.6 Å². The molecule has 0 aliphatic carbocycles. The summed E-state index contributed by atoms with van der Waals surface area (Å²) >= 11 is 5.68. The van der Waals surface area contributed by atoms with E-state index in [4.69, 9.17) is 20.8 Å². The summed E-state index contributed by atoms with van der Waals surface area (Å²) < 4.78 is 9.83. The van der Waals surface area contributed by atoms with Gasteiger partial charge in [0.15, 0.2) is 6.10 Å². The van der Waals surface area contributed by atoms with Crippen molar-refractivity contribution < 1.29 is 18.7 Å². The topological polar surface area (TPSA) is 81.4 Å². The van der Waals surface area contributed by atoms with Crippen LogP contribution < -0.4 is 5.32 Å². The molecule has 0 saturated carbocycles. The van der Waals surface area contributed by atoms with E-state index in [1.54, 1.807) is 18.2 Å². The number of aromatic nitrogens is 1. The molecule has 2 aromatic rings. The van der Waals surface area contributed by atoms with Crippen molar-refractivity contribution in [1.82, 2.24) is 4.98 Å². The maximum atomic E-state index is 11.8. The summed E-state index contributed by atoms with van der Waals surface area (Å²) in [7, 11) is 0. The van der Waals surface area contributed by atoms with Crippen LogP contribution in [0.4, 0.5) is 5.82 Å². The molecule has 0 aliphatic rings. The number of carbonyl (C=O) groups is 2. The van der Waals surface area contributed by atoms with E-state index in [9.17, 15) is 9.59 Å². The third-order valence-electron chi connectivity index (χ3n) is 2.35. The zero-order chi connectivity index (χ0) is 14.5. The Hall–Kier alpha value is -2.34. The van der Waals surface area contributed by atoms with Crippen molar-refractivity contribution in [3.8, 4) is 0 Å². The lowest BCUT2D eigenvalue weighted by molar-refractivity contribution is -0.123. The molecule has 1 amide bonds. The van der Waals surface area contributed by atoms with Gasteiger partial charge in [0.2, 0.25) is 5.76 Å². The number of hydrogen-bond acceptors (Lipinski definition) is 5. The third kappa shape index (κ3) is 3.58. The summed E-state index contributed by atoms with van der Waals surface area (Å²) in [4.78, 5) is 27.3. The van der Waals surface area contributed by atoms with Crippen molar-refractivity contribution in [1.29, 1.82) is 0 Å². The van der Waals surface area contributed by atoms with Gasteiger partial charge in [-0.25, -0.2) is 9.78 Å². The van der Waals surface area contributed by atoms with Crippen molar-refractivity contribution in [2.75, 3.05) is 5.32 Å². The monoisotopic (exact) mass is 294 g/mol. The van der Waals surface area contributed by atoms with E-state index in [0.29, 0.717) is 10.8 Å². The van der Waals surface area contributed by atoms with Crippen LogP contribution in [-0.4, -0.2) is 23.0 Å². The molecule has 20 heavy (non-hydrogen) atoms. The molecular weight excluding hydrogens is 284 g/mol. The number of rotatable bonds is 4. The highest BCUT2D eigenvalue weighted by Crippen LogP contribution is 2.11. The number of ether oxygens (including phenoxy) is 1. The van der Waals surface area contributed by atoms with E-state index in [-0.39, 0.29) is 5.76 Å². The second-order valence-corrected chi connectivity index (χ2v) is 4.31. The lowest BCUT2D eigenvalue weighted by Gasteiger charge is -2.12. The first-order valence-corrected chi connectivity index (χ1v) is 6.11. The van der Waals surface area contributed by atoms with Gasteiger partial charge in [0.1, 0.15) is 5.82 Å². The lowest BCUT2D eigenvalue weighted by atomic mass is 10.3. The number of furan rings is 1. The fourth-order valence-corrected chi connectivity index (χ4v) is 1.46. The number of pyridine rings is 1. The van der Waals surface area contributed by atoms with E-state index >= 15 is 0 Å². The van der Waals surface area contributed by atoms with Gasteiger partial charge in [-0.2, -0.15) is 0 Å². The van der Waals surface area contributed by atoms with E-state index in [0.717, 1.165) is 0 Å². The van der Waals surface area contributed by atoms with E-state index < -0.39 is 18.0 Å². The Morgan fingerprint density at radius 1 is 1.40 bits per heavy atom. The average molecular weight is 295 g/mol. The minimum Gasteiger partial charge on any atom is -0.457 e. The van der Waals surface area contributed by atoms with E-state index in [1.807, 2.05) is 0 Å². The molecule has 0 aliphatic heterocycles. The average Bonchev–Trinajstić information content (AvgIpc) is 2.95. The van der Waals surface area contributed by atoms with Gasteiger partial charge in [0, 0.05) is 6.20 Å². The number of nitrogens with one attached hydrogen (secondary N) is 1. The predicted molar refractivity (Wildman–Crippen MR) is 71.5 cm³/mol.